The summed E-state index contributed by atoms with van der Waals surface area (Å²) in [7, 11) is 0. The van der Waals surface area contributed by atoms with Gasteiger partial charge in [0.1, 0.15) is 5.75 Å². The summed E-state index contributed by atoms with van der Waals surface area (Å²) < 4.78 is 47.2. The third kappa shape index (κ3) is 6.84. The summed E-state index contributed by atoms with van der Waals surface area (Å²) >= 11 is 6.13. The van der Waals surface area contributed by atoms with Gasteiger partial charge in [-0.15, -0.1) is 13.2 Å². The Morgan fingerprint density at radius 2 is 1.66 bits per heavy atom. The average molecular weight is 544 g/mol. The van der Waals surface area contributed by atoms with Gasteiger partial charge in [0, 0.05) is 30.3 Å². The molecule has 6 nitrogen and oxygen atoms in total. The molecule has 1 N–H and O–H groups in total. The number of alkyl halides is 3. The van der Waals surface area contributed by atoms with Crippen molar-refractivity contribution in [1.82, 2.24) is 10.2 Å². The Kier molecular flexibility index (Phi) is 8.57. The summed E-state index contributed by atoms with van der Waals surface area (Å²) in [6.07, 6.45) is -5.12. The standard InChI is InChI=1S/C28H25ClF3N3O3/c1-2-37-25-17-35(16-24(25)34-27(36)21-9-13-23(14-10-21)38-28(30,31)32)26(20-7-11-22(29)12-8-20)19-5-3-18(15-33)4-6-19/h3-14,24-26H,2,16-17H2,1H3,(H,34,36). The smallest absolute Gasteiger partial charge is 0.406 e. The van der Waals surface area contributed by atoms with Crippen LogP contribution in [-0.4, -0.2) is 49.0 Å². The van der Waals surface area contributed by atoms with Gasteiger partial charge in [-0.25, -0.2) is 0 Å². The van der Waals surface area contributed by atoms with Crippen molar-refractivity contribution in [3.63, 3.8) is 0 Å². The fraction of sp³-hybridized carbons (Fsp3) is 0.286. The minimum atomic E-state index is -4.81. The minimum Gasteiger partial charge on any atom is -0.406 e. The molecule has 3 unspecified atom stereocenters. The van der Waals surface area contributed by atoms with Gasteiger partial charge in [0.2, 0.25) is 0 Å². The van der Waals surface area contributed by atoms with Gasteiger partial charge in [-0.1, -0.05) is 35.9 Å². The summed E-state index contributed by atoms with van der Waals surface area (Å²) in [5.74, 6) is -0.831. The molecular weight excluding hydrogens is 519 g/mol. The first kappa shape index (κ1) is 27.5. The van der Waals surface area contributed by atoms with Crippen LogP contribution in [0.3, 0.4) is 0 Å². The lowest BCUT2D eigenvalue weighted by molar-refractivity contribution is -0.274. The zero-order chi connectivity index (χ0) is 27.3. The van der Waals surface area contributed by atoms with Gasteiger partial charge in [-0.05, 0) is 66.6 Å². The number of rotatable bonds is 8. The van der Waals surface area contributed by atoms with E-state index in [1.165, 1.54) is 12.1 Å². The van der Waals surface area contributed by atoms with Crippen molar-refractivity contribution in [2.45, 2.75) is 31.5 Å². The van der Waals surface area contributed by atoms with Crippen molar-refractivity contribution >= 4 is 17.5 Å². The maximum Gasteiger partial charge on any atom is 0.573 e. The minimum absolute atomic E-state index is 0.191. The number of nitrogens with one attached hydrogen (secondary N) is 1. The number of carbonyl (C=O) groups is 1. The number of nitrogens with zero attached hydrogens (tertiary/aromatic N) is 2. The molecule has 0 aromatic heterocycles. The van der Waals surface area contributed by atoms with Gasteiger partial charge in [0.25, 0.3) is 5.91 Å². The van der Waals surface area contributed by atoms with E-state index in [4.69, 9.17) is 16.3 Å². The van der Waals surface area contributed by atoms with E-state index in [0.29, 0.717) is 30.3 Å². The summed E-state index contributed by atoms with van der Waals surface area (Å²) in [5.41, 5.74) is 2.71. The van der Waals surface area contributed by atoms with E-state index in [-0.39, 0.29) is 23.8 Å². The third-order valence-corrected chi connectivity index (χ3v) is 6.50. The average Bonchev–Trinajstić information content (AvgIpc) is 3.27. The van der Waals surface area contributed by atoms with E-state index >= 15 is 0 Å². The van der Waals surface area contributed by atoms with Crippen LogP contribution in [0.1, 0.15) is 40.0 Å². The SMILES string of the molecule is CCOC1CN(C(c2ccc(Cl)cc2)c2ccc(C#N)cc2)CC1NC(=O)c1ccc(OC(F)(F)F)cc1. The Bertz CT molecular complexity index is 1280. The molecule has 38 heavy (non-hydrogen) atoms. The molecule has 1 aliphatic rings. The number of nitriles is 1. The van der Waals surface area contributed by atoms with Gasteiger partial charge < -0.3 is 14.8 Å². The number of likely N-dealkylation sites (tertiary alicyclic amines) is 1. The summed E-state index contributed by atoms with van der Waals surface area (Å²) in [6, 6.07) is 21.2. The molecule has 1 amide bonds. The number of hydrogen-bond donors (Lipinski definition) is 1. The van der Waals surface area contributed by atoms with Crippen LogP contribution in [0.15, 0.2) is 72.8 Å². The van der Waals surface area contributed by atoms with Gasteiger partial charge in [0.15, 0.2) is 0 Å². The highest BCUT2D eigenvalue weighted by atomic mass is 35.5. The first-order valence-electron chi connectivity index (χ1n) is 11.9. The molecule has 198 valence electrons. The van der Waals surface area contributed by atoms with Crippen molar-refractivity contribution in [3.8, 4) is 11.8 Å². The topological polar surface area (TPSA) is 74.6 Å². The molecule has 1 heterocycles. The highest BCUT2D eigenvalue weighted by Crippen LogP contribution is 2.33. The van der Waals surface area contributed by atoms with Crippen LogP contribution >= 0.6 is 11.6 Å². The molecule has 3 aromatic rings. The first-order valence-corrected chi connectivity index (χ1v) is 12.3. The molecule has 0 aliphatic carbocycles. The van der Waals surface area contributed by atoms with Crippen LogP contribution in [0.4, 0.5) is 13.2 Å². The van der Waals surface area contributed by atoms with E-state index in [9.17, 15) is 23.2 Å². The highest BCUT2D eigenvalue weighted by molar-refractivity contribution is 6.30. The summed E-state index contributed by atoms with van der Waals surface area (Å²) in [5, 5.41) is 12.8. The van der Waals surface area contributed by atoms with Crippen molar-refractivity contribution in [2.24, 2.45) is 0 Å². The normalized spacial score (nSPS) is 18.5. The van der Waals surface area contributed by atoms with Crippen LogP contribution in [0.25, 0.3) is 0 Å². The van der Waals surface area contributed by atoms with Crippen LogP contribution in [-0.2, 0) is 4.74 Å². The van der Waals surface area contributed by atoms with Gasteiger partial charge >= 0.3 is 6.36 Å². The Labute approximate surface area is 223 Å². The molecule has 10 heteroatoms. The van der Waals surface area contributed by atoms with Gasteiger partial charge in [-0.3, -0.25) is 9.69 Å². The summed E-state index contributed by atoms with van der Waals surface area (Å²) in [6.45, 7) is 3.29. The largest absolute Gasteiger partial charge is 0.573 e. The Morgan fingerprint density at radius 3 is 2.21 bits per heavy atom. The Morgan fingerprint density at radius 1 is 1.05 bits per heavy atom. The monoisotopic (exact) mass is 543 g/mol. The van der Waals surface area contributed by atoms with Crippen LogP contribution in [0.2, 0.25) is 5.02 Å². The lowest BCUT2D eigenvalue weighted by Gasteiger charge is -2.29. The van der Waals surface area contributed by atoms with E-state index in [0.717, 1.165) is 23.3 Å². The van der Waals surface area contributed by atoms with Crippen molar-refractivity contribution in [3.05, 3.63) is 100 Å². The molecular formula is C28H25ClF3N3O3. The maximum absolute atomic E-state index is 13.0. The van der Waals surface area contributed by atoms with Crippen molar-refractivity contribution in [2.75, 3.05) is 19.7 Å². The van der Waals surface area contributed by atoms with Crippen LogP contribution in [0, 0.1) is 11.3 Å². The fourth-order valence-corrected chi connectivity index (χ4v) is 4.72. The third-order valence-electron chi connectivity index (χ3n) is 6.25. The predicted molar refractivity (Wildman–Crippen MR) is 136 cm³/mol. The number of halogens is 4. The van der Waals surface area contributed by atoms with Crippen molar-refractivity contribution < 1.29 is 27.4 Å². The van der Waals surface area contributed by atoms with Crippen molar-refractivity contribution in [1.29, 1.82) is 5.26 Å². The van der Waals surface area contributed by atoms with E-state index in [1.54, 1.807) is 12.1 Å². The second kappa shape index (κ2) is 11.9. The van der Waals surface area contributed by atoms with E-state index < -0.39 is 18.0 Å². The molecule has 3 atom stereocenters. The number of ether oxygens (including phenoxy) is 2. The lowest BCUT2D eigenvalue weighted by Crippen LogP contribution is -2.44. The summed E-state index contributed by atoms with van der Waals surface area (Å²) in [4.78, 5) is 15.2. The predicted octanol–water partition coefficient (Wildman–Crippen LogP) is 5.72. The van der Waals surface area contributed by atoms with E-state index in [2.05, 4.69) is 21.0 Å². The highest BCUT2D eigenvalue weighted by Gasteiger charge is 2.39. The second-order valence-electron chi connectivity index (χ2n) is 8.79. The molecule has 3 aromatic carbocycles. The zero-order valence-electron chi connectivity index (χ0n) is 20.4. The number of carbonyl (C=O) groups excluding carboxylic acids is 1. The molecule has 1 aliphatic heterocycles. The molecule has 1 saturated heterocycles. The number of amides is 1. The molecule has 0 spiro atoms. The molecule has 0 radical (unpaired) electrons. The molecule has 0 saturated carbocycles. The Hall–Kier alpha value is -3.58. The lowest BCUT2D eigenvalue weighted by atomic mass is 9.96. The maximum atomic E-state index is 13.0. The number of benzene rings is 3. The van der Waals surface area contributed by atoms with Crippen LogP contribution in [0.5, 0.6) is 5.75 Å². The first-order chi connectivity index (χ1) is 18.2. The Balaban J connectivity index is 1.56. The zero-order valence-corrected chi connectivity index (χ0v) is 21.2. The van der Waals surface area contributed by atoms with Gasteiger partial charge in [-0.2, -0.15) is 5.26 Å². The quantitative estimate of drug-likeness (QED) is 0.393. The fourth-order valence-electron chi connectivity index (χ4n) is 4.59. The second-order valence-corrected chi connectivity index (χ2v) is 9.22. The molecule has 4 rings (SSSR count). The molecule has 1 fully saturated rings. The molecule has 0 bridgehead atoms. The van der Waals surface area contributed by atoms with E-state index in [1.807, 2.05) is 43.3 Å². The van der Waals surface area contributed by atoms with Gasteiger partial charge in [0.05, 0.1) is 29.8 Å². The van der Waals surface area contributed by atoms with Crippen LogP contribution < -0.4 is 10.1 Å². The number of hydrogen-bond acceptors (Lipinski definition) is 5.